The topological polar surface area (TPSA) is 37.8 Å². The van der Waals surface area contributed by atoms with Crippen LogP contribution in [0, 0.1) is 5.82 Å². The van der Waals surface area contributed by atoms with Crippen LogP contribution in [0.3, 0.4) is 0 Å². The van der Waals surface area contributed by atoms with Gasteiger partial charge in [-0.25, -0.2) is 4.39 Å². The third-order valence-corrected chi connectivity index (χ3v) is 5.53. The average molecular weight is 383 g/mol. The molecule has 2 fully saturated rings. The Bertz CT molecular complexity index is 827. The molecule has 28 heavy (non-hydrogen) atoms. The number of nitrogens with zero attached hydrogens (tertiary/aromatic N) is 3. The molecule has 1 aromatic heterocycles. The fraction of sp³-hybridized carbons (Fsp3) is 0.409. The Hall–Kier alpha value is -2.44. The van der Waals surface area contributed by atoms with Gasteiger partial charge in [-0.3, -0.25) is 9.88 Å². The van der Waals surface area contributed by atoms with E-state index in [1.165, 1.54) is 6.20 Å². The number of likely N-dealkylation sites (tertiary alicyclic amines) is 1. The lowest BCUT2D eigenvalue weighted by atomic mass is 10.00. The number of halogens is 1. The quantitative estimate of drug-likeness (QED) is 0.793. The Balaban J connectivity index is 1.35. The Kier molecular flexibility index (Phi) is 5.59. The van der Waals surface area contributed by atoms with Crippen LogP contribution < -0.4 is 9.64 Å². The van der Waals surface area contributed by atoms with Gasteiger partial charge in [0, 0.05) is 38.9 Å². The second kappa shape index (κ2) is 8.29. The number of benzene rings is 1. The molecule has 2 aliphatic heterocycles. The number of methoxy groups -OCH3 is 1. The Morgan fingerprint density at radius 1 is 1.21 bits per heavy atom. The van der Waals surface area contributed by atoms with E-state index in [1.54, 1.807) is 19.4 Å². The number of morpholine rings is 1. The molecule has 5 nitrogen and oxygen atoms in total. The molecule has 1 unspecified atom stereocenters. The lowest BCUT2D eigenvalue weighted by molar-refractivity contribution is -0.0466. The van der Waals surface area contributed by atoms with Gasteiger partial charge < -0.3 is 14.4 Å². The Morgan fingerprint density at radius 2 is 2.07 bits per heavy atom. The van der Waals surface area contributed by atoms with E-state index in [0.29, 0.717) is 25.4 Å². The number of pyridine rings is 1. The van der Waals surface area contributed by atoms with Crippen molar-refractivity contribution >= 4 is 11.8 Å². The summed E-state index contributed by atoms with van der Waals surface area (Å²) in [6.45, 7) is 4.77. The number of ether oxygens (including phenoxy) is 2. The molecule has 0 N–H and O–H groups in total. The van der Waals surface area contributed by atoms with Crippen LogP contribution in [0.4, 0.5) is 10.1 Å². The number of hydrogen-bond acceptors (Lipinski definition) is 5. The highest BCUT2D eigenvalue weighted by atomic mass is 19.1. The first-order chi connectivity index (χ1) is 13.7. The zero-order valence-corrected chi connectivity index (χ0v) is 16.2. The second-order valence-corrected chi connectivity index (χ2v) is 7.44. The summed E-state index contributed by atoms with van der Waals surface area (Å²) < 4.78 is 25.5. The van der Waals surface area contributed by atoms with Crippen LogP contribution >= 0.6 is 0 Å². The Morgan fingerprint density at radius 3 is 2.86 bits per heavy atom. The zero-order valence-electron chi connectivity index (χ0n) is 16.2. The minimum absolute atomic E-state index is 0.220. The van der Waals surface area contributed by atoms with Crippen LogP contribution in [0.25, 0.3) is 6.08 Å². The molecule has 1 spiro atoms. The molecule has 1 atom stereocenters. The molecule has 2 aromatic rings. The first kappa shape index (κ1) is 18.9. The molecule has 4 rings (SSSR count). The van der Waals surface area contributed by atoms with Gasteiger partial charge in [-0.2, -0.15) is 0 Å². The van der Waals surface area contributed by atoms with Gasteiger partial charge in [0.05, 0.1) is 31.2 Å². The molecular formula is C22H26FN3O2. The lowest BCUT2D eigenvalue weighted by Gasteiger charge is -2.41. The maximum Gasteiger partial charge on any atom is 0.164 e. The van der Waals surface area contributed by atoms with Crippen LogP contribution in [0.1, 0.15) is 12.0 Å². The van der Waals surface area contributed by atoms with Crippen molar-refractivity contribution in [2.24, 2.45) is 0 Å². The standard InChI is InChI=1S/C22H26FN3O2/c1-27-19-6-4-18(5-7-19)3-2-11-25-12-9-22(16-25)17-26(13-14-28-22)21-8-10-24-15-20(21)23/h2-8,10,15H,9,11-14,16-17H2,1H3/b3-2+. The van der Waals surface area contributed by atoms with Gasteiger partial charge in [-0.1, -0.05) is 24.3 Å². The van der Waals surface area contributed by atoms with Crippen LogP contribution in [-0.2, 0) is 4.74 Å². The minimum Gasteiger partial charge on any atom is -0.497 e. The number of anilines is 1. The molecule has 6 heteroatoms. The SMILES string of the molecule is COc1ccc(/C=C/CN2CCC3(C2)CN(c2ccncc2F)CCO3)cc1. The normalized spacial score (nSPS) is 23.0. The van der Waals surface area contributed by atoms with Crippen LogP contribution in [-0.4, -0.2) is 61.9 Å². The molecule has 0 bridgehead atoms. The van der Waals surface area contributed by atoms with E-state index < -0.39 is 0 Å². The van der Waals surface area contributed by atoms with Crippen molar-refractivity contribution in [1.29, 1.82) is 0 Å². The van der Waals surface area contributed by atoms with E-state index >= 15 is 0 Å². The lowest BCUT2D eigenvalue weighted by Crippen LogP contribution is -2.53. The van der Waals surface area contributed by atoms with E-state index in [0.717, 1.165) is 37.4 Å². The second-order valence-electron chi connectivity index (χ2n) is 7.44. The van der Waals surface area contributed by atoms with E-state index in [4.69, 9.17) is 9.47 Å². The summed E-state index contributed by atoms with van der Waals surface area (Å²) in [4.78, 5) is 8.34. The summed E-state index contributed by atoms with van der Waals surface area (Å²) in [6.07, 6.45) is 8.20. The largest absolute Gasteiger partial charge is 0.497 e. The molecule has 148 valence electrons. The summed E-state index contributed by atoms with van der Waals surface area (Å²) in [7, 11) is 1.67. The highest BCUT2D eigenvalue weighted by Crippen LogP contribution is 2.32. The van der Waals surface area contributed by atoms with Crippen molar-refractivity contribution < 1.29 is 13.9 Å². The zero-order chi connectivity index (χ0) is 19.4. The first-order valence-corrected chi connectivity index (χ1v) is 9.69. The van der Waals surface area contributed by atoms with Crippen molar-refractivity contribution in [1.82, 2.24) is 9.88 Å². The van der Waals surface area contributed by atoms with E-state index in [1.807, 2.05) is 24.3 Å². The van der Waals surface area contributed by atoms with Gasteiger partial charge in [-0.05, 0) is 30.2 Å². The van der Waals surface area contributed by atoms with Crippen LogP contribution in [0.5, 0.6) is 5.75 Å². The van der Waals surface area contributed by atoms with Crippen LogP contribution in [0.2, 0.25) is 0 Å². The fourth-order valence-electron chi connectivity index (χ4n) is 4.06. The summed E-state index contributed by atoms with van der Waals surface area (Å²) >= 11 is 0. The maximum atomic E-state index is 14.1. The maximum absolute atomic E-state index is 14.1. The fourth-order valence-corrected chi connectivity index (χ4v) is 4.06. The summed E-state index contributed by atoms with van der Waals surface area (Å²) in [5.74, 6) is 0.597. The minimum atomic E-state index is -0.267. The van der Waals surface area contributed by atoms with Crippen molar-refractivity contribution in [3.63, 3.8) is 0 Å². The predicted octanol–water partition coefficient (Wildman–Crippen LogP) is 3.22. The molecule has 2 saturated heterocycles. The Labute approximate surface area is 165 Å². The third kappa shape index (κ3) is 4.18. The molecule has 0 saturated carbocycles. The van der Waals surface area contributed by atoms with Gasteiger partial charge in [0.25, 0.3) is 0 Å². The van der Waals surface area contributed by atoms with Gasteiger partial charge in [0.2, 0.25) is 0 Å². The highest BCUT2D eigenvalue weighted by Gasteiger charge is 2.42. The van der Waals surface area contributed by atoms with E-state index in [9.17, 15) is 4.39 Å². The third-order valence-electron chi connectivity index (χ3n) is 5.53. The van der Waals surface area contributed by atoms with Crippen molar-refractivity contribution in [3.8, 4) is 5.75 Å². The van der Waals surface area contributed by atoms with Crippen molar-refractivity contribution in [2.45, 2.75) is 12.0 Å². The van der Waals surface area contributed by atoms with Gasteiger partial charge in [0.1, 0.15) is 5.75 Å². The van der Waals surface area contributed by atoms with Gasteiger partial charge in [0.15, 0.2) is 5.82 Å². The van der Waals surface area contributed by atoms with Gasteiger partial charge >= 0.3 is 0 Å². The number of hydrogen-bond donors (Lipinski definition) is 0. The average Bonchev–Trinajstić information content (AvgIpc) is 3.10. The number of aromatic nitrogens is 1. The molecule has 0 radical (unpaired) electrons. The molecular weight excluding hydrogens is 357 g/mol. The summed E-state index contributed by atoms with van der Waals surface area (Å²) in [6, 6.07) is 9.78. The molecule has 0 aliphatic carbocycles. The van der Waals surface area contributed by atoms with E-state index in [-0.39, 0.29) is 11.4 Å². The predicted molar refractivity (Wildman–Crippen MR) is 108 cm³/mol. The molecule has 0 amide bonds. The van der Waals surface area contributed by atoms with Crippen molar-refractivity contribution in [3.05, 3.63) is 60.2 Å². The molecule has 2 aliphatic rings. The van der Waals surface area contributed by atoms with Crippen LogP contribution in [0.15, 0.2) is 48.8 Å². The number of rotatable bonds is 5. The molecule has 1 aromatic carbocycles. The summed E-state index contributed by atoms with van der Waals surface area (Å²) in [5.41, 5.74) is 1.56. The molecule has 3 heterocycles. The first-order valence-electron chi connectivity index (χ1n) is 9.69. The smallest absolute Gasteiger partial charge is 0.164 e. The monoisotopic (exact) mass is 383 g/mol. The van der Waals surface area contributed by atoms with Gasteiger partial charge in [-0.15, -0.1) is 0 Å². The van der Waals surface area contributed by atoms with E-state index in [2.05, 4.69) is 26.9 Å². The summed E-state index contributed by atoms with van der Waals surface area (Å²) in [5, 5.41) is 0. The van der Waals surface area contributed by atoms with Crippen molar-refractivity contribution in [2.75, 3.05) is 51.3 Å². The highest BCUT2D eigenvalue weighted by molar-refractivity contribution is 5.51.